The van der Waals surface area contributed by atoms with E-state index in [4.69, 9.17) is 4.74 Å². The molecule has 0 aliphatic heterocycles. The molecule has 5 nitrogen and oxygen atoms in total. The summed E-state index contributed by atoms with van der Waals surface area (Å²) in [5.74, 6) is 1.76. The monoisotopic (exact) mass is 352 g/mol. The largest absolute Gasteiger partial charge is 0.485 e. The van der Waals surface area contributed by atoms with Crippen molar-refractivity contribution in [3.05, 3.63) is 39.9 Å². The Morgan fingerprint density at radius 2 is 2.14 bits per heavy atom. The lowest BCUT2D eigenvalue weighted by Crippen LogP contribution is -2.14. The number of benzene rings is 1. The molecule has 1 aromatic heterocycles. The smallest absolute Gasteiger partial charge is 0.164 e. The van der Waals surface area contributed by atoms with E-state index in [1.165, 1.54) is 0 Å². The average molecular weight is 353 g/mol. The zero-order chi connectivity index (χ0) is 15.2. The van der Waals surface area contributed by atoms with Crippen molar-refractivity contribution in [3.63, 3.8) is 0 Å². The number of halogens is 1. The molecule has 0 aliphatic rings. The predicted octanol–water partition coefficient (Wildman–Crippen LogP) is 3.06. The van der Waals surface area contributed by atoms with Crippen LogP contribution in [0.4, 0.5) is 0 Å². The van der Waals surface area contributed by atoms with Crippen LogP contribution in [0.15, 0.2) is 22.9 Å². The fourth-order valence-corrected chi connectivity index (χ4v) is 2.82. The third-order valence-corrected chi connectivity index (χ3v) is 3.68. The lowest BCUT2D eigenvalue weighted by molar-refractivity contribution is 0.282. The number of hydrogen-bond acceptors (Lipinski definition) is 4. The molecular weight excluding hydrogens is 332 g/mol. The summed E-state index contributed by atoms with van der Waals surface area (Å²) in [7, 11) is 0. The van der Waals surface area contributed by atoms with E-state index in [2.05, 4.69) is 57.3 Å². The highest BCUT2D eigenvalue weighted by atomic mass is 79.9. The molecule has 21 heavy (non-hydrogen) atoms. The van der Waals surface area contributed by atoms with Gasteiger partial charge < -0.3 is 10.1 Å². The van der Waals surface area contributed by atoms with Gasteiger partial charge in [0.2, 0.25) is 0 Å². The number of aryl methyl sites for hydroxylation is 2. The van der Waals surface area contributed by atoms with Crippen LogP contribution in [0.1, 0.15) is 30.8 Å². The minimum atomic E-state index is 0.426. The zero-order valence-electron chi connectivity index (χ0n) is 12.7. The maximum atomic E-state index is 6.02. The number of nitrogens with one attached hydrogen (secondary N) is 1. The van der Waals surface area contributed by atoms with Crippen molar-refractivity contribution in [1.29, 1.82) is 0 Å². The zero-order valence-corrected chi connectivity index (χ0v) is 14.3. The van der Waals surface area contributed by atoms with Crippen LogP contribution >= 0.6 is 15.9 Å². The van der Waals surface area contributed by atoms with Crippen LogP contribution in [0, 0.1) is 6.92 Å². The molecule has 114 valence electrons. The summed E-state index contributed by atoms with van der Waals surface area (Å²) >= 11 is 3.54. The summed E-state index contributed by atoms with van der Waals surface area (Å²) < 4.78 is 8.93. The topological polar surface area (TPSA) is 52.0 Å². The quantitative estimate of drug-likeness (QED) is 0.831. The second kappa shape index (κ2) is 7.56. The van der Waals surface area contributed by atoms with Crippen molar-refractivity contribution in [2.75, 3.05) is 6.54 Å². The van der Waals surface area contributed by atoms with Crippen LogP contribution in [0.25, 0.3) is 0 Å². The van der Waals surface area contributed by atoms with E-state index in [1.54, 1.807) is 6.33 Å². The molecule has 0 radical (unpaired) electrons. The van der Waals surface area contributed by atoms with E-state index < -0.39 is 0 Å². The minimum absolute atomic E-state index is 0.426. The summed E-state index contributed by atoms with van der Waals surface area (Å²) in [6, 6.07) is 4.16. The SMILES string of the molecule is CCNCc1cc(Br)cc(C)c1OCc1ncnn1CC. The van der Waals surface area contributed by atoms with E-state index in [9.17, 15) is 0 Å². The number of ether oxygens (including phenoxy) is 1. The van der Waals surface area contributed by atoms with Crippen molar-refractivity contribution in [3.8, 4) is 5.75 Å². The van der Waals surface area contributed by atoms with Gasteiger partial charge in [0.05, 0.1) is 0 Å². The number of hydrogen-bond donors (Lipinski definition) is 1. The van der Waals surface area contributed by atoms with Crippen molar-refractivity contribution in [2.45, 2.75) is 40.5 Å². The second-order valence-corrected chi connectivity index (χ2v) is 5.69. The Hall–Kier alpha value is -1.40. The summed E-state index contributed by atoms with van der Waals surface area (Å²) in [5.41, 5.74) is 2.26. The van der Waals surface area contributed by atoms with Crippen LogP contribution in [-0.2, 0) is 19.7 Å². The third kappa shape index (κ3) is 4.04. The van der Waals surface area contributed by atoms with Gasteiger partial charge in [0, 0.05) is 23.1 Å². The Bertz CT molecular complexity index is 597. The first-order valence-corrected chi connectivity index (χ1v) is 7.94. The molecule has 2 rings (SSSR count). The van der Waals surface area contributed by atoms with Gasteiger partial charge >= 0.3 is 0 Å². The van der Waals surface area contributed by atoms with Crippen LogP contribution in [0.5, 0.6) is 5.75 Å². The van der Waals surface area contributed by atoms with Gasteiger partial charge in [0.25, 0.3) is 0 Å². The highest BCUT2D eigenvalue weighted by Crippen LogP contribution is 2.28. The van der Waals surface area contributed by atoms with Gasteiger partial charge in [-0.3, -0.25) is 0 Å². The first-order valence-electron chi connectivity index (χ1n) is 7.14. The Balaban J connectivity index is 2.18. The molecule has 0 bridgehead atoms. The van der Waals surface area contributed by atoms with Gasteiger partial charge in [-0.1, -0.05) is 22.9 Å². The molecule has 0 fully saturated rings. The molecular formula is C15H21BrN4O. The van der Waals surface area contributed by atoms with E-state index in [-0.39, 0.29) is 0 Å². The maximum Gasteiger partial charge on any atom is 0.164 e. The molecule has 1 heterocycles. The van der Waals surface area contributed by atoms with Gasteiger partial charge in [-0.25, -0.2) is 9.67 Å². The number of rotatable bonds is 7. The van der Waals surface area contributed by atoms with Gasteiger partial charge in [0.1, 0.15) is 18.7 Å². The van der Waals surface area contributed by atoms with Crippen molar-refractivity contribution in [2.24, 2.45) is 0 Å². The predicted molar refractivity (Wildman–Crippen MR) is 86.3 cm³/mol. The van der Waals surface area contributed by atoms with E-state index in [0.29, 0.717) is 6.61 Å². The first kappa shape index (κ1) is 16.0. The van der Waals surface area contributed by atoms with Crippen LogP contribution in [0.3, 0.4) is 0 Å². The van der Waals surface area contributed by atoms with Crippen molar-refractivity contribution >= 4 is 15.9 Å². The fraction of sp³-hybridized carbons (Fsp3) is 0.467. The van der Waals surface area contributed by atoms with Gasteiger partial charge in [-0.15, -0.1) is 0 Å². The molecule has 6 heteroatoms. The highest BCUT2D eigenvalue weighted by Gasteiger charge is 2.11. The van der Waals surface area contributed by atoms with Crippen molar-refractivity contribution in [1.82, 2.24) is 20.1 Å². The lowest BCUT2D eigenvalue weighted by atomic mass is 10.1. The summed E-state index contributed by atoms with van der Waals surface area (Å²) in [6.45, 7) is 9.12. The lowest BCUT2D eigenvalue weighted by Gasteiger charge is -2.15. The second-order valence-electron chi connectivity index (χ2n) is 4.77. The molecule has 2 aromatic rings. The van der Waals surface area contributed by atoms with E-state index in [0.717, 1.165) is 46.8 Å². The van der Waals surface area contributed by atoms with Gasteiger partial charge in [-0.2, -0.15) is 5.10 Å². The Morgan fingerprint density at radius 1 is 1.33 bits per heavy atom. The maximum absolute atomic E-state index is 6.02. The third-order valence-electron chi connectivity index (χ3n) is 3.22. The average Bonchev–Trinajstić information content (AvgIpc) is 2.91. The number of aromatic nitrogens is 3. The molecule has 0 saturated heterocycles. The fourth-order valence-electron chi connectivity index (χ4n) is 2.20. The summed E-state index contributed by atoms with van der Waals surface area (Å²) in [5, 5.41) is 7.50. The normalized spacial score (nSPS) is 10.9. The minimum Gasteiger partial charge on any atom is -0.485 e. The first-order chi connectivity index (χ1) is 10.2. The molecule has 0 saturated carbocycles. The van der Waals surface area contributed by atoms with Crippen LogP contribution in [-0.4, -0.2) is 21.3 Å². The van der Waals surface area contributed by atoms with E-state index >= 15 is 0 Å². The molecule has 0 amide bonds. The number of nitrogens with zero attached hydrogens (tertiary/aromatic N) is 3. The van der Waals surface area contributed by atoms with E-state index in [1.807, 2.05) is 11.6 Å². The Kier molecular flexibility index (Phi) is 5.76. The molecule has 1 N–H and O–H groups in total. The highest BCUT2D eigenvalue weighted by molar-refractivity contribution is 9.10. The van der Waals surface area contributed by atoms with Gasteiger partial charge in [-0.05, 0) is 38.1 Å². The van der Waals surface area contributed by atoms with Gasteiger partial charge in [0.15, 0.2) is 5.82 Å². The Morgan fingerprint density at radius 3 is 2.86 bits per heavy atom. The standard InChI is InChI=1S/C15H21BrN4O/c1-4-17-8-12-7-13(16)6-11(3)15(12)21-9-14-18-10-19-20(14)5-2/h6-7,10,17H,4-5,8-9H2,1-3H3. The Labute approximate surface area is 133 Å². The molecule has 1 aromatic carbocycles. The molecule has 0 aliphatic carbocycles. The summed E-state index contributed by atoms with van der Waals surface area (Å²) in [6.07, 6.45) is 1.57. The van der Waals surface area contributed by atoms with Crippen LogP contribution in [0.2, 0.25) is 0 Å². The molecule has 0 atom stereocenters. The molecule has 0 spiro atoms. The summed E-state index contributed by atoms with van der Waals surface area (Å²) in [4.78, 5) is 4.24. The van der Waals surface area contributed by atoms with Crippen molar-refractivity contribution < 1.29 is 4.74 Å². The van der Waals surface area contributed by atoms with Crippen LogP contribution < -0.4 is 10.1 Å². The molecule has 0 unspecified atom stereocenters.